The number of nitrogens with zero attached hydrogens (tertiary/aromatic N) is 4. The number of amidine groups is 1. The molecule has 0 radical (unpaired) electrons. The molecule has 190 valence electrons. The van der Waals surface area contributed by atoms with Gasteiger partial charge in [-0.25, -0.2) is 9.98 Å². The number of rotatable bonds is 6. The quantitative estimate of drug-likeness (QED) is 0.486. The van der Waals surface area contributed by atoms with Crippen molar-refractivity contribution in [3.05, 3.63) is 35.0 Å². The van der Waals surface area contributed by atoms with E-state index in [-0.39, 0.29) is 43.2 Å². The van der Waals surface area contributed by atoms with E-state index in [1.807, 2.05) is 23.1 Å². The summed E-state index contributed by atoms with van der Waals surface area (Å²) in [6, 6.07) is 7.33. The highest BCUT2D eigenvalue weighted by Gasteiger charge is 2.39. The third kappa shape index (κ3) is 6.31. The molecule has 1 saturated heterocycles. The van der Waals surface area contributed by atoms with Gasteiger partial charge in [0.05, 0.1) is 18.0 Å². The number of aromatic nitrogens is 1. The molecule has 1 aromatic carbocycles. The van der Waals surface area contributed by atoms with Gasteiger partial charge in [-0.2, -0.15) is 13.2 Å². The van der Waals surface area contributed by atoms with Crippen molar-refractivity contribution in [2.45, 2.75) is 25.1 Å². The molecule has 1 aromatic heterocycles. The van der Waals surface area contributed by atoms with Gasteiger partial charge in [0.25, 0.3) is 0 Å². The summed E-state index contributed by atoms with van der Waals surface area (Å²) in [6.07, 6.45) is -3.35. The highest BCUT2D eigenvalue weighted by atomic mass is 35.5. The first-order valence-electron chi connectivity index (χ1n) is 10.5. The molecule has 13 heteroatoms. The first-order valence-corrected chi connectivity index (χ1v) is 11.3. The van der Waals surface area contributed by atoms with Crippen LogP contribution >= 0.6 is 36.2 Å². The number of ether oxygens (including phenoxy) is 1. The number of nitrogens with one attached hydrogen (secondary N) is 1. The van der Waals surface area contributed by atoms with Crippen LogP contribution in [0.4, 0.5) is 33.9 Å². The molecule has 1 N–H and O–H groups in total. The summed E-state index contributed by atoms with van der Waals surface area (Å²) in [5, 5.41) is 2.51. The fourth-order valence-electron chi connectivity index (χ4n) is 4.03. The topological polar surface area (TPSA) is 53.0 Å². The molecule has 0 amide bonds. The predicted molar refractivity (Wildman–Crippen MR) is 132 cm³/mol. The molecule has 34 heavy (non-hydrogen) atoms. The summed E-state index contributed by atoms with van der Waals surface area (Å²) in [5.41, 5.74) is 1.49. The van der Waals surface area contributed by atoms with Crippen molar-refractivity contribution < 1.29 is 22.3 Å². The fraction of sp³-hybridized carbons (Fsp3) is 0.524. The van der Waals surface area contributed by atoms with Crippen LogP contribution in [0.1, 0.15) is 23.5 Å². The van der Waals surface area contributed by atoms with Crippen LogP contribution in [0.5, 0.6) is 0 Å². The number of halogens is 6. The maximum atomic E-state index is 13.4. The summed E-state index contributed by atoms with van der Waals surface area (Å²) in [4.78, 5) is 12.9. The van der Waals surface area contributed by atoms with E-state index < -0.39 is 11.2 Å². The minimum Gasteiger partial charge on any atom is -0.385 e. The average molecular weight is 544 g/mol. The smallest absolute Gasteiger partial charge is 0.385 e. The van der Waals surface area contributed by atoms with Gasteiger partial charge in [0, 0.05) is 45.9 Å². The molecular formula is C21H27Cl2F4N5OS. The van der Waals surface area contributed by atoms with Crippen LogP contribution in [-0.4, -0.2) is 73.2 Å². The van der Waals surface area contributed by atoms with E-state index in [4.69, 9.17) is 9.73 Å². The van der Waals surface area contributed by atoms with Gasteiger partial charge in [0.15, 0.2) is 5.84 Å². The number of thiazole rings is 1. The lowest BCUT2D eigenvalue weighted by Crippen LogP contribution is -2.55. The second kappa shape index (κ2) is 12.3. The van der Waals surface area contributed by atoms with Crippen molar-refractivity contribution in [3.63, 3.8) is 0 Å². The summed E-state index contributed by atoms with van der Waals surface area (Å²) in [6.45, 7) is 2.57. The molecule has 2 aliphatic rings. The lowest BCUT2D eigenvalue weighted by atomic mass is 10.1. The summed E-state index contributed by atoms with van der Waals surface area (Å²) in [5.74, 6) is 0.428. The number of alkyl halides is 4. The van der Waals surface area contributed by atoms with Crippen molar-refractivity contribution in [2.24, 2.45) is 4.99 Å². The van der Waals surface area contributed by atoms with Gasteiger partial charge >= 0.3 is 6.18 Å². The standard InChI is InChI=1S/C21H25F4N5OS.2ClH/c1-31-12-7-14-13-30(11-10-29(14)9-4-8-22)18-17-19(32-20(28-17)21(23,24)25)27-16-6-3-2-5-15(16)26-18;;/h2-3,5-6,14,27H,4,7-13H2,1H3;2*1H. The lowest BCUT2D eigenvalue weighted by Gasteiger charge is -2.42. The Balaban J connectivity index is 0.00000204. The monoisotopic (exact) mass is 543 g/mol. The van der Waals surface area contributed by atoms with Gasteiger partial charge in [-0.05, 0) is 25.0 Å². The number of piperazine rings is 1. The molecule has 2 aliphatic heterocycles. The summed E-state index contributed by atoms with van der Waals surface area (Å²) >= 11 is 0.586. The van der Waals surface area contributed by atoms with Gasteiger partial charge < -0.3 is 15.0 Å². The molecular weight excluding hydrogens is 517 g/mol. The van der Waals surface area contributed by atoms with Gasteiger partial charge in [-0.1, -0.05) is 23.5 Å². The molecule has 1 fully saturated rings. The van der Waals surface area contributed by atoms with Crippen LogP contribution in [-0.2, 0) is 10.9 Å². The number of aliphatic imine (C=N–C) groups is 1. The van der Waals surface area contributed by atoms with Gasteiger partial charge in [0.1, 0.15) is 10.7 Å². The molecule has 6 nitrogen and oxygen atoms in total. The number of hydrogen-bond donors (Lipinski definition) is 1. The highest BCUT2D eigenvalue weighted by molar-refractivity contribution is 7.16. The average Bonchev–Trinajstić information content (AvgIpc) is 3.13. The molecule has 1 unspecified atom stereocenters. The third-order valence-electron chi connectivity index (χ3n) is 5.60. The van der Waals surface area contributed by atoms with E-state index in [1.54, 1.807) is 13.2 Å². The van der Waals surface area contributed by atoms with Crippen LogP contribution in [0.25, 0.3) is 0 Å². The SMILES string of the molecule is COCCC1CN(C2=Nc3ccccc3Nc3sc(C(F)(F)F)nc32)CCN1CCCF.Cl.Cl. The van der Waals surface area contributed by atoms with Gasteiger partial charge in [-0.3, -0.25) is 9.29 Å². The second-order valence-corrected chi connectivity index (χ2v) is 8.73. The van der Waals surface area contributed by atoms with Gasteiger partial charge in [-0.15, -0.1) is 24.8 Å². The minimum atomic E-state index is -4.53. The fourth-order valence-corrected chi connectivity index (χ4v) is 4.88. The van der Waals surface area contributed by atoms with E-state index in [1.165, 1.54) is 0 Å². The largest absolute Gasteiger partial charge is 0.443 e. The van der Waals surface area contributed by atoms with E-state index in [2.05, 4.69) is 15.2 Å². The van der Waals surface area contributed by atoms with Crippen molar-refractivity contribution in [2.75, 3.05) is 51.9 Å². The molecule has 0 saturated carbocycles. The summed E-state index contributed by atoms with van der Waals surface area (Å²) in [7, 11) is 1.63. The predicted octanol–water partition coefficient (Wildman–Crippen LogP) is 5.52. The Labute approximate surface area is 212 Å². The van der Waals surface area contributed by atoms with Crippen molar-refractivity contribution in [1.82, 2.24) is 14.8 Å². The van der Waals surface area contributed by atoms with Crippen molar-refractivity contribution >= 4 is 58.4 Å². The number of fused-ring (bicyclic) bond motifs is 2. The van der Waals surface area contributed by atoms with Gasteiger partial charge in [0.2, 0.25) is 5.01 Å². The molecule has 2 aromatic rings. The molecule has 0 bridgehead atoms. The maximum absolute atomic E-state index is 13.4. The van der Waals surface area contributed by atoms with Crippen LogP contribution in [0, 0.1) is 0 Å². The van der Waals surface area contributed by atoms with E-state index in [0.717, 1.165) is 6.42 Å². The number of hydrogen-bond acceptors (Lipinski definition) is 7. The van der Waals surface area contributed by atoms with E-state index in [9.17, 15) is 17.6 Å². The summed E-state index contributed by atoms with van der Waals surface area (Å²) < 4.78 is 58.3. The normalized spacial score (nSPS) is 18.0. The molecule has 0 aliphatic carbocycles. The Morgan fingerprint density at radius 2 is 1.97 bits per heavy atom. The highest BCUT2D eigenvalue weighted by Crippen LogP contribution is 2.42. The van der Waals surface area contributed by atoms with Crippen molar-refractivity contribution in [3.8, 4) is 0 Å². The Morgan fingerprint density at radius 3 is 2.68 bits per heavy atom. The zero-order chi connectivity index (χ0) is 22.7. The number of para-hydroxylation sites is 2. The lowest BCUT2D eigenvalue weighted by molar-refractivity contribution is -0.137. The van der Waals surface area contributed by atoms with Crippen LogP contribution < -0.4 is 5.32 Å². The van der Waals surface area contributed by atoms with Crippen LogP contribution in [0.3, 0.4) is 0 Å². The number of methoxy groups -OCH3 is 1. The Kier molecular flexibility index (Phi) is 10.4. The zero-order valence-corrected chi connectivity index (χ0v) is 20.9. The first kappa shape index (κ1) is 28.6. The second-order valence-electron chi connectivity index (χ2n) is 7.73. The third-order valence-corrected chi connectivity index (χ3v) is 6.61. The van der Waals surface area contributed by atoms with Crippen LogP contribution in [0.2, 0.25) is 0 Å². The maximum Gasteiger partial charge on any atom is 0.443 e. The van der Waals surface area contributed by atoms with Crippen LogP contribution in [0.15, 0.2) is 29.3 Å². The molecule has 4 rings (SSSR count). The Hall–Kier alpha value is -1.66. The zero-order valence-electron chi connectivity index (χ0n) is 18.5. The minimum absolute atomic E-state index is 0. The Bertz CT molecular complexity index is 975. The van der Waals surface area contributed by atoms with E-state index >= 15 is 0 Å². The molecule has 3 heterocycles. The number of benzene rings is 1. The Morgan fingerprint density at radius 1 is 1.21 bits per heavy atom. The number of anilines is 2. The molecule has 0 spiro atoms. The van der Waals surface area contributed by atoms with Crippen molar-refractivity contribution in [1.29, 1.82) is 0 Å². The van der Waals surface area contributed by atoms with E-state index in [0.29, 0.717) is 72.8 Å². The first-order chi connectivity index (χ1) is 15.4. The molecule has 1 atom stereocenters.